The zero-order valence-corrected chi connectivity index (χ0v) is 16.3. The Morgan fingerprint density at radius 1 is 1.13 bits per heavy atom. The van der Waals surface area contributed by atoms with E-state index in [0.717, 1.165) is 5.56 Å². The van der Waals surface area contributed by atoms with Crippen LogP contribution < -0.4 is 10.1 Å². The molecule has 10 heteroatoms. The molecular weight excluding hydrogens is 403 g/mol. The summed E-state index contributed by atoms with van der Waals surface area (Å²) < 4.78 is 45.4. The number of rotatable bonds is 6. The highest BCUT2D eigenvalue weighted by Crippen LogP contribution is 2.23. The maximum atomic E-state index is 12.6. The Balaban J connectivity index is 1.45. The topological polar surface area (TPSA) is 75.0 Å². The molecule has 1 saturated heterocycles. The van der Waals surface area contributed by atoms with Gasteiger partial charge in [-0.25, -0.2) is 0 Å². The van der Waals surface area contributed by atoms with Crippen LogP contribution in [0.5, 0.6) is 5.75 Å². The molecule has 2 amide bonds. The molecule has 0 saturated carbocycles. The predicted octanol–water partition coefficient (Wildman–Crippen LogP) is 2.64. The summed E-state index contributed by atoms with van der Waals surface area (Å²) in [6.45, 7) is 4.43. The van der Waals surface area contributed by atoms with Crippen LogP contribution in [0.25, 0.3) is 0 Å². The molecule has 0 spiro atoms. The summed E-state index contributed by atoms with van der Waals surface area (Å²) in [5, 5.41) is 2.66. The highest BCUT2D eigenvalue weighted by atomic mass is 19.4. The van der Waals surface area contributed by atoms with Gasteiger partial charge in [0, 0.05) is 32.7 Å². The van der Waals surface area contributed by atoms with Crippen molar-refractivity contribution < 1.29 is 31.9 Å². The van der Waals surface area contributed by atoms with Crippen molar-refractivity contribution in [3.05, 3.63) is 54.0 Å². The van der Waals surface area contributed by atoms with Gasteiger partial charge in [0.2, 0.25) is 5.91 Å². The number of ether oxygens (including phenoxy) is 1. The SMILES string of the molecule is C[C@H](NC(=O)c1ccoc1)C(=O)N1CCN(Cc2ccc(OC(F)(F)F)cc2)CC1. The third-order valence-corrected chi connectivity index (χ3v) is 4.75. The Morgan fingerprint density at radius 3 is 2.37 bits per heavy atom. The maximum absolute atomic E-state index is 12.6. The number of nitrogens with zero attached hydrogens (tertiary/aromatic N) is 2. The number of nitrogens with one attached hydrogen (secondary N) is 1. The molecule has 2 aromatic rings. The number of carbonyl (C=O) groups is 2. The zero-order valence-electron chi connectivity index (χ0n) is 16.3. The second-order valence-electron chi connectivity index (χ2n) is 7.00. The van der Waals surface area contributed by atoms with Gasteiger partial charge in [-0.3, -0.25) is 14.5 Å². The van der Waals surface area contributed by atoms with E-state index in [1.807, 2.05) is 0 Å². The largest absolute Gasteiger partial charge is 0.573 e. The van der Waals surface area contributed by atoms with E-state index in [1.165, 1.54) is 30.7 Å². The Bertz CT molecular complexity index is 845. The van der Waals surface area contributed by atoms with Crippen molar-refractivity contribution in [1.82, 2.24) is 15.1 Å². The maximum Gasteiger partial charge on any atom is 0.573 e. The van der Waals surface area contributed by atoms with Crippen LogP contribution in [0.2, 0.25) is 0 Å². The molecule has 0 radical (unpaired) electrons. The number of furan rings is 1. The van der Waals surface area contributed by atoms with Crippen LogP contribution in [0.3, 0.4) is 0 Å². The Morgan fingerprint density at radius 2 is 1.80 bits per heavy atom. The molecule has 0 aliphatic carbocycles. The molecule has 1 atom stereocenters. The van der Waals surface area contributed by atoms with Gasteiger partial charge in [-0.2, -0.15) is 0 Å². The van der Waals surface area contributed by atoms with E-state index in [9.17, 15) is 22.8 Å². The third kappa shape index (κ3) is 5.99. The molecule has 7 nitrogen and oxygen atoms in total. The summed E-state index contributed by atoms with van der Waals surface area (Å²) in [5.74, 6) is -0.797. The lowest BCUT2D eigenvalue weighted by Gasteiger charge is -2.36. The summed E-state index contributed by atoms with van der Waals surface area (Å²) >= 11 is 0. The van der Waals surface area contributed by atoms with Crippen LogP contribution in [0.15, 0.2) is 47.3 Å². The first kappa shape index (κ1) is 21.7. The number of carbonyl (C=O) groups excluding carboxylic acids is 2. The quantitative estimate of drug-likeness (QED) is 0.770. The van der Waals surface area contributed by atoms with Crippen molar-refractivity contribution in [2.24, 2.45) is 0 Å². The molecule has 1 aromatic carbocycles. The standard InChI is InChI=1S/C20H22F3N3O4/c1-14(24-18(27)16-6-11-29-13-16)19(28)26-9-7-25(8-10-26)12-15-2-4-17(5-3-15)30-20(21,22)23/h2-6,11,13-14H,7-10,12H2,1H3,(H,24,27)/t14-/m0/s1. The molecule has 30 heavy (non-hydrogen) atoms. The zero-order chi connectivity index (χ0) is 21.7. The summed E-state index contributed by atoms with van der Waals surface area (Å²) in [5.41, 5.74) is 1.20. The van der Waals surface area contributed by atoms with E-state index in [4.69, 9.17) is 4.42 Å². The van der Waals surface area contributed by atoms with Crippen LogP contribution in [0, 0.1) is 0 Å². The fraction of sp³-hybridized carbons (Fsp3) is 0.400. The molecule has 1 aromatic heterocycles. The number of piperazine rings is 1. The van der Waals surface area contributed by atoms with Gasteiger partial charge in [-0.1, -0.05) is 12.1 Å². The summed E-state index contributed by atoms with van der Waals surface area (Å²) in [6, 6.07) is 6.60. The van der Waals surface area contributed by atoms with Crippen molar-refractivity contribution in [2.75, 3.05) is 26.2 Å². The molecule has 2 heterocycles. The van der Waals surface area contributed by atoms with Gasteiger partial charge < -0.3 is 19.4 Å². The normalized spacial score (nSPS) is 16.2. The number of benzene rings is 1. The summed E-state index contributed by atoms with van der Waals surface area (Å²) in [6.07, 6.45) is -2.01. The molecule has 0 unspecified atom stereocenters. The van der Waals surface area contributed by atoms with Gasteiger partial charge in [0.25, 0.3) is 5.91 Å². The van der Waals surface area contributed by atoms with Crippen LogP contribution in [-0.2, 0) is 11.3 Å². The smallest absolute Gasteiger partial charge is 0.472 e. The van der Waals surface area contributed by atoms with E-state index < -0.39 is 12.4 Å². The Kier molecular flexibility index (Phi) is 6.66. The molecule has 162 valence electrons. The lowest BCUT2D eigenvalue weighted by atomic mass is 10.1. The average Bonchev–Trinajstić information content (AvgIpc) is 3.23. The lowest BCUT2D eigenvalue weighted by molar-refractivity contribution is -0.274. The Labute approximate surface area is 171 Å². The molecule has 0 bridgehead atoms. The van der Waals surface area contributed by atoms with Crippen molar-refractivity contribution in [3.8, 4) is 5.75 Å². The van der Waals surface area contributed by atoms with Crippen LogP contribution in [0.4, 0.5) is 13.2 Å². The van der Waals surface area contributed by atoms with Crippen LogP contribution >= 0.6 is 0 Å². The molecule has 1 aliphatic heterocycles. The van der Waals surface area contributed by atoms with Crippen LogP contribution in [0.1, 0.15) is 22.8 Å². The molecule has 1 aliphatic rings. The minimum atomic E-state index is -4.71. The number of halogens is 3. The summed E-state index contributed by atoms with van der Waals surface area (Å²) in [4.78, 5) is 28.4. The third-order valence-electron chi connectivity index (χ3n) is 4.75. The first-order valence-electron chi connectivity index (χ1n) is 9.40. The average molecular weight is 425 g/mol. The van der Waals surface area contributed by atoms with Gasteiger partial charge >= 0.3 is 6.36 Å². The van der Waals surface area contributed by atoms with Crippen molar-refractivity contribution >= 4 is 11.8 Å². The lowest BCUT2D eigenvalue weighted by Crippen LogP contribution is -2.53. The van der Waals surface area contributed by atoms with E-state index in [-0.39, 0.29) is 17.6 Å². The van der Waals surface area contributed by atoms with Gasteiger partial charge in [0.05, 0.1) is 11.8 Å². The molecule has 3 rings (SSSR count). The van der Waals surface area contributed by atoms with Crippen molar-refractivity contribution in [2.45, 2.75) is 25.9 Å². The van der Waals surface area contributed by atoms with Gasteiger partial charge in [0.1, 0.15) is 18.1 Å². The first-order chi connectivity index (χ1) is 14.2. The van der Waals surface area contributed by atoms with Gasteiger partial charge in [-0.05, 0) is 30.7 Å². The molecular formula is C20H22F3N3O4. The number of hydrogen-bond donors (Lipinski definition) is 1. The van der Waals surface area contributed by atoms with E-state index in [0.29, 0.717) is 38.3 Å². The predicted molar refractivity (Wildman–Crippen MR) is 101 cm³/mol. The van der Waals surface area contributed by atoms with Gasteiger partial charge in [-0.15, -0.1) is 13.2 Å². The molecule has 1 fully saturated rings. The minimum absolute atomic E-state index is 0.167. The second kappa shape index (κ2) is 9.21. The van der Waals surface area contributed by atoms with E-state index in [1.54, 1.807) is 24.0 Å². The fourth-order valence-corrected chi connectivity index (χ4v) is 3.19. The second-order valence-corrected chi connectivity index (χ2v) is 7.00. The highest BCUT2D eigenvalue weighted by Gasteiger charge is 2.31. The molecule has 1 N–H and O–H groups in total. The monoisotopic (exact) mass is 425 g/mol. The van der Waals surface area contributed by atoms with Crippen molar-refractivity contribution in [3.63, 3.8) is 0 Å². The Hall–Kier alpha value is -3.01. The first-order valence-corrected chi connectivity index (χ1v) is 9.40. The highest BCUT2D eigenvalue weighted by molar-refractivity contribution is 5.97. The van der Waals surface area contributed by atoms with E-state index in [2.05, 4.69) is 15.0 Å². The number of hydrogen-bond acceptors (Lipinski definition) is 5. The fourth-order valence-electron chi connectivity index (χ4n) is 3.19. The van der Waals surface area contributed by atoms with E-state index >= 15 is 0 Å². The minimum Gasteiger partial charge on any atom is -0.472 e. The number of amides is 2. The van der Waals surface area contributed by atoms with Gasteiger partial charge in [0.15, 0.2) is 0 Å². The van der Waals surface area contributed by atoms with Crippen LogP contribution in [-0.4, -0.2) is 60.2 Å². The van der Waals surface area contributed by atoms with Crippen molar-refractivity contribution in [1.29, 1.82) is 0 Å². The summed E-state index contributed by atoms with van der Waals surface area (Å²) in [7, 11) is 0. The number of alkyl halides is 3.